The van der Waals surface area contributed by atoms with Gasteiger partial charge in [0.1, 0.15) is 5.75 Å². The summed E-state index contributed by atoms with van der Waals surface area (Å²) in [6.45, 7) is 3.63. The van der Waals surface area contributed by atoms with Crippen molar-refractivity contribution in [1.29, 1.82) is 0 Å². The van der Waals surface area contributed by atoms with Gasteiger partial charge in [0.25, 0.3) is 0 Å². The predicted octanol–water partition coefficient (Wildman–Crippen LogP) is 2.23. The molecule has 4 heteroatoms. The fraction of sp³-hybridized carbons (Fsp3) is 0.562. The Bertz CT molecular complexity index is 436. The molecule has 0 radical (unpaired) electrons. The fourth-order valence-corrected chi connectivity index (χ4v) is 2.85. The van der Waals surface area contributed by atoms with Crippen molar-refractivity contribution in [3.8, 4) is 5.75 Å². The van der Waals surface area contributed by atoms with Crippen LogP contribution >= 0.6 is 0 Å². The standard InChI is InChI=1S/C16H24N2O2/c1-3-9-16(10-4-11-18-16)15(19)17-12-13-5-7-14(20-2)8-6-13/h5-8,18H,3-4,9-12H2,1-2H3,(H,17,19). The van der Waals surface area contributed by atoms with Gasteiger partial charge in [-0.25, -0.2) is 0 Å². The van der Waals surface area contributed by atoms with Crippen molar-refractivity contribution in [2.45, 2.75) is 44.7 Å². The number of carbonyl (C=O) groups is 1. The molecule has 110 valence electrons. The SMILES string of the molecule is CCCC1(C(=O)NCc2ccc(OC)cc2)CCCN1. The van der Waals surface area contributed by atoms with Gasteiger partial charge >= 0.3 is 0 Å². The van der Waals surface area contributed by atoms with Crippen molar-refractivity contribution in [1.82, 2.24) is 10.6 Å². The van der Waals surface area contributed by atoms with Gasteiger partial charge in [0, 0.05) is 6.54 Å². The molecule has 0 aromatic heterocycles. The fourth-order valence-electron chi connectivity index (χ4n) is 2.85. The number of amides is 1. The van der Waals surface area contributed by atoms with Crippen LogP contribution in [0.15, 0.2) is 24.3 Å². The summed E-state index contributed by atoms with van der Waals surface area (Å²) in [6, 6.07) is 7.79. The maximum Gasteiger partial charge on any atom is 0.240 e. The molecule has 1 aliphatic rings. The maximum atomic E-state index is 12.5. The Labute approximate surface area is 120 Å². The second-order valence-corrected chi connectivity index (χ2v) is 5.39. The van der Waals surface area contributed by atoms with Crippen molar-refractivity contribution in [3.63, 3.8) is 0 Å². The molecule has 0 bridgehead atoms. The minimum Gasteiger partial charge on any atom is -0.497 e. The van der Waals surface area contributed by atoms with Crippen LogP contribution in [0.3, 0.4) is 0 Å². The van der Waals surface area contributed by atoms with Gasteiger partial charge in [0.2, 0.25) is 5.91 Å². The summed E-state index contributed by atoms with van der Waals surface area (Å²) in [5, 5.41) is 6.46. The first-order valence-corrected chi connectivity index (χ1v) is 7.36. The van der Waals surface area contributed by atoms with E-state index in [2.05, 4.69) is 17.6 Å². The second-order valence-electron chi connectivity index (χ2n) is 5.39. The molecular weight excluding hydrogens is 252 g/mol. The number of hydrogen-bond acceptors (Lipinski definition) is 3. The molecule has 1 atom stereocenters. The maximum absolute atomic E-state index is 12.5. The zero-order valence-electron chi connectivity index (χ0n) is 12.4. The Morgan fingerprint density at radius 1 is 1.40 bits per heavy atom. The van der Waals surface area contributed by atoms with Crippen LogP contribution in [0.1, 0.15) is 38.2 Å². The lowest BCUT2D eigenvalue weighted by atomic mass is 9.91. The smallest absolute Gasteiger partial charge is 0.240 e. The minimum absolute atomic E-state index is 0.132. The van der Waals surface area contributed by atoms with Crippen LogP contribution < -0.4 is 15.4 Å². The van der Waals surface area contributed by atoms with Gasteiger partial charge in [0.15, 0.2) is 0 Å². The molecule has 1 fully saturated rings. The Morgan fingerprint density at radius 2 is 2.15 bits per heavy atom. The van der Waals surface area contributed by atoms with Crippen molar-refractivity contribution in [3.05, 3.63) is 29.8 Å². The molecule has 1 heterocycles. The van der Waals surface area contributed by atoms with E-state index in [1.54, 1.807) is 7.11 Å². The summed E-state index contributed by atoms with van der Waals surface area (Å²) in [5.74, 6) is 0.965. The number of hydrogen-bond donors (Lipinski definition) is 2. The van der Waals surface area contributed by atoms with Crippen LogP contribution in [0, 0.1) is 0 Å². The van der Waals surface area contributed by atoms with Crippen molar-refractivity contribution in [2.24, 2.45) is 0 Å². The van der Waals surface area contributed by atoms with E-state index in [0.29, 0.717) is 6.54 Å². The molecule has 1 unspecified atom stereocenters. The van der Waals surface area contributed by atoms with E-state index in [4.69, 9.17) is 4.74 Å². The molecule has 4 nitrogen and oxygen atoms in total. The lowest BCUT2D eigenvalue weighted by Gasteiger charge is -2.27. The van der Waals surface area contributed by atoms with E-state index < -0.39 is 0 Å². The first-order chi connectivity index (χ1) is 9.70. The zero-order chi connectivity index (χ0) is 14.4. The molecule has 1 saturated heterocycles. The highest BCUT2D eigenvalue weighted by Crippen LogP contribution is 2.25. The van der Waals surface area contributed by atoms with Gasteiger partial charge in [-0.15, -0.1) is 0 Å². The van der Waals surface area contributed by atoms with E-state index in [1.165, 1.54) is 0 Å². The summed E-state index contributed by atoms with van der Waals surface area (Å²) < 4.78 is 5.13. The van der Waals surface area contributed by atoms with Gasteiger partial charge in [0.05, 0.1) is 12.6 Å². The van der Waals surface area contributed by atoms with Crippen molar-refractivity contribution in [2.75, 3.05) is 13.7 Å². The molecule has 2 rings (SSSR count). The molecular formula is C16H24N2O2. The summed E-state index contributed by atoms with van der Waals surface area (Å²) in [7, 11) is 1.65. The van der Waals surface area contributed by atoms with Crippen LogP contribution in [0.2, 0.25) is 0 Å². The van der Waals surface area contributed by atoms with Crippen LogP contribution in [0.4, 0.5) is 0 Å². The number of methoxy groups -OCH3 is 1. The lowest BCUT2D eigenvalue weighted by molar-refractivity contribution is -0.127. The molecule has 0 saturated carbocycles. The molecule has 2 N–H and O–H groups in total. The van der Waals surface area contributed by atoms with E-state index in [0.717, 1.165) is 43.5 Å². The largest absolute Gasteiger partial charge is 0.497 e. The summed E-state index contributed by atoms with van der Waals surface area (Å²) in [6.07, 6.45) is 3.94. The number of carbonyl (C=O) groups excluding carboxylic acids is 1. The summed E-state index contributed by atoms with van der Waals surface area (Å²) in [4.78, 5) is 12.5. The Morgan fingerprint density at radius 3 is 2.70 bits per heavy atom. The van der Waals surface area contributed by atoms with E-state index in [-0.39, 0.29) is 11.4 Å². The average Bonchev–Trinajstić information content (AvgIpc) is 2.95. The summed E-state index contributed by atoms with van der Waals surface area (Å²) in [5.41, 5.74) is 0.741. The average molecular weight is 276 g/mol. The molecule has 1 aromatic carbocycles. The highest BCUT2D eigenvalue weighted by molar-refractivity contribution is 5.86. The van der Waals surface area contributed by atoms with E-state index >= 15 is 0 Å². The molecule has 20 heavy (non-hydrogen) atoms. The van der Waals surface area contributed by atoms with Gasteiger partial charge in [-0.1, -0.05) is 25.5 Å². The Balaban J connectivity index is 1.93. The number of rotatable bonds is 6. The van der Waals surface area contributed by atoms with Crippen LogP contribution in [0.5, 0.6) is 5.75 Å². The third-order valence-electron chi connectivity index (χ3n) is 3.97. The quantitative estimate of drug-likeness (QED) is 0.837. The number of nitrogens with one attached hydrogen (secondary N) is 2. The first-order valence-electron chi connectivity index (χ1n) is 7.36. The van der Waals surface area contributed by atoms with Gasteiger partial charge in [-0.3, -0.25) is 4.79 Å². The van der Waals surface area contributed by atoms with Gasteiger partial charge in [-0.2, -0.15) is 0 Å². The zero-order valence-corrected chi connectivity index (χ0v) is 12.4. The van der Waals surface area contributed by atoms with Gasteiger partial charge in [-0.05, 0) is 43.5 Å². The third-order valence-corrected chi connectivity index (χ3v) is 3.97. The highest BCUT2D eigenvalue weighted by atomic mass is 16.5. The lowest BCUT2D eigenvalue weighted by Crippen LogP contribution is -2.53. The van der Waals surface area contributed by atoms with Crippen LogP contribution in [-0.2, 0) is 11.3 Å². The first kappa shape index (κ1) is 14.9. The van der Waals surface area contributed by atoms with E-state index in [1.807, 2.05) is 24.3 Å². The van der Waals surface area contributed by atoms with Gasteiger partial charge < -0.3 is 15.4 Å². The van der Waals surface area contributed by atoms with E-state index in [9.17, 15) is 4.79 Å². The van der Waals surface area contributed by atoms with Crippen molar-refractivity contribution < 1.29 is 9.53 Å². The topological polar surface area (TPSA) is 50.4 Å². The van der Waals surface area contributed by atoms with Crippen molar-refractivity contribution >= 4 is 5.91 Å². The van der Waals surface area contributed by atoms with Crippen LogP contribution in [-0.4, -0.2) is 25.1 Å². The molecule has 1 aliphatic heterocycles. The summed E-state index contributed by atoms with van der Waals surface area (Å²) >= 11 is 0. The number of benzene rings is 1. The number of ether oxygens (including phenoxy) is 1. The molecule has 1 aromatic rings. The Kier molecular flexibility index (Phi) is 5.01. The third kappa shape index (κ3) is 3.31. The van der Waals surface area contributed by atoms with Crippen LogP contribution in [0.25, 0.3) is 0 Å². The minimum atomic E-state index is -0.346. The molecule has 0 aliphatic carbocycles. The Hall–Kier alpha value is -1.55. The monoisotopic (exact) mass is 276 g/mol. The second kappa shape index (κ2) is 6.75. The normalized spacial score (nSPS) is 21.7. The molecule has 1 amide bonds. The highest BCUT2D eigenvalue weighted by Gasteiger charge is 2.39. The predicted molar refractivity (Wildman–Crippen MR) is 79.7 cm³/mol. The molecule has 0 spiro atoms.